The number of fused-ring (bicyclic) bond motifs is 1. The Bertz CT molecular complexity index is 956. The largest absolute Gasteiger partial charge is 0.454 e. The van der Waals surface area contributed by atoms with E-state index in [0.29, 0.717) is 11.5 Å². The van der Waals surface area contributed by atoms with E-state index in [1.807, 2.05) is 44.6 Å². The van der Waals surface area contributed by atoms with Crippen molar-refractivity contribution in [1.82, 2.24) is 14.3 Å². The molecule has 0 saturated heterocycles. The van der Waals surface area contributed by atoms with Gasteiger partial charge in [0.1, 0.15) is 0 Å². The smallest absolute Gasteiger partial charge is 0.255 e. The van der Waals surface area contributed by atoms with E-state index in [-0.39, 0.29) is 12.4 Å². The number of ether oxygens (including phenoxy) is 2. The first-order chi connectivity index (χ1) is 11.1. The van der Waals surface area contributed by atoms with Crippen LogP contribution in [0.2, 0.25) is 0 Å². The van der Waals surface area contributed by atoms with Crippen LogP contribution in [-0.2, 0) is 7.05 Å². The fraction of sp³-hybridized carbons (Fsp3) is 0.176. The van der Waals surface area contributed by atoms with E-state index in [1.54, 1.807) is 21.5 Å². The number of nitrogens with zero attached hydrogens (tertiary/aromatic N) is 3. The van der Waals surface area contributed by atoms with Crippen LogP contribution in [0.15, 0.2) is 47.7 Å². The SMILES string of the molecule is Cc1cc(=O)n(-c2ccc3c(c2)OCO3)cc1-c1cnn(C)c1. The maximum absolute atomic E-state index is 12.4. The molecular formula is C17H15N3O3. The van der Waals surface area contributed by atoms with Gasteiger partial charge in [-0.2, -0.15) is 5.10 Å². The summed E-state index contributed by atoms with van der Waals surface area (Å²) < 4.78 is 14.1. The van der Waals surface area contributed by atoms with Gasteiger partial charge in [0.25, 0.3) is 5.56 Å². The number of pyridine rings is 1. The van der Waals surface area contributed by atoms with Gasteiger partial charge in [0, 0.05) is 42.7 Å². The molecule has 0 N–H and O–H groups in total. The van der Waals surface area contributed by atoms with Crippen molar-refractivity contribution in [2.45, 2.75) is 6.92 Å². The van der Waals surface area contributed by atoms with Crippen molar-refractivity contribution in [1.29, 1.82) is 0 Å². The summed E-state index contributed by atoms with van der Waals surface area (Å²) in [7, 11) is 1.87. The van der Waals surface area contributed by atoms with E-state index in [9.17, 15) is 4.79 Å². The van der Waals surface area contributed by atoms with Crippen molar-refractivity contribution in [3.63, 3.8) is 0 Å². The Labute approximate surface area is 132 Å². The number of aromatic nitrogens is 3. The van der Waals surface area contributed by atoms with E-state index < -0.39 is 0 Å². The predicted molar refractivity (Wildman–Crippen MR) is 85.1 cm³/mol. The van der Waals surface area contributed by atoms with Crippen LogP contribution < -0.4 is 15.0 Å². The first-order valence-corrected chi connectivity index (χ1v) is 7.24. The summed E-state index contributed by atoms with van der Waals surface area (Å²) in [6.07, 6.45) is 5.56. The zero-order chi connectivity index (χ0) is 16.0. The summed E-state index contributed by atoms with van der Waals surface area (Å²) in [4.78, 5) is 12.4. The average Bonchev–Trinajstić information content (AvgIpc) is 3.15. The molecule has 3 aromatic rings. The van der Waals surface area contributed by atoms with Gasteiger partial charge in [0.15, 0.2) is 11.5 Å². The minimum absolute atomic E-state index is 0.0889. The molecule has 3 heterocycles. The van der Waals surface area contributed by atoms with Crippen LogP contribution in [0.1, 0.15) is 5.56 Å². The van der Waals surface area contributed by atoms with Crippen LogP contribution >= 0.6 is 0 Å². The average molecular weight is 309 g/mol. The zero-order valence-electron chi connectivity index (χ0n) is 12.8. The van der Waals surface area contributed by atoms with E-state index in [4.69, 9.17) is 9.47 Å². The van der Waals surface area contributed by atoms with Gasteiger partial charge in [0.05, 0.1) is 11.9 Å². The Balaban J connectivity index is 1.87. The van der Waals surface area contributed by atoms with E-state index in [1.165, 1.54) is 0 Å². The molecule has 0 radical (unpaired) electrons. The van der Waals surface area contributed by atoms with Gasteiger partial charge in [-0.1, -0.05) is 0 Å². The number of hydrogen-bond donors (Lipinski definition) is 0. The molecule has 2 aromatic heterocycles. The van der Waals surface area contributed by atoms with Crippen molar-refractivity contribution >= 4 is 0 Å². The highest BCUT2D eigenvalue weighted by molar-refractivity contribution is 5.65. The summed E-state index contributed by atoms with van der Waals surface area (Å²) in [6.45, 7) is 2.14. The Hall–Kier alpha value is -3.02. The molecule has 1 aromatic carbocycles. The lowest BCUT2D eigenvalue weighted by Gasteiger charge is -2.10. The number of hydrogen-bond acceptors (Lipinski definition) is 4. The van der Waals surface area contributed by atoms with Crippen LogP contribution in [0.3, 0.4) is 0 Å². The molecule has 1 aliphatic heterocycles. The molecule has 0 amide bonds. The topological polar surface area (TPSA) is 58.3 Å². The molecule has 4 rings (SSSR count). The first kappa shape index (κ1) is 13.6. The lowest BCUT2D eigenvalue weighted by atomic mass is 10.1. The van der Waals surface area contributed by atoms with Gasteiger partial charge in [-0.25, -0.2) is 0 Å². The highest BCUT2D eigenvalue weighted by atomic mass is 16.7. The molecule has 0 unspecified atom stereocenters. The minimum atomic E-state index is -0.0889. The van der Waals surface area contributed by atoms with Crippen LogP contribution in [0, 0.1) is 6.92 Å². The molecule has 1 aliphatic rings. The van der Waals surface area contributed by atoms with Crippen molar-refractivity contribution in [3.05, 3.63) is 58.8 Å². The maximum atomic E-state index is 12.4. The number of benzene rings is 1. The monoisotopic (exact) mass is 309 g/mol. The summed E-state index contributed by atoms with van der Waals surface area (Å²) in [5.74, 6) is 1.35. The van der Waals surface area contributed by atoms with Gasteiger partial charge >= 0.3 is 0 Å². The van der Waals surface area contributed by atoms with Crippen LogP contribution in [-0.4, -0.2) is 21.1 Å². The van der Waals surface area contributed by atoms with Crippen molar-refractivity contribution in [3.8, 4) is 28.3 Å². The minimum Gasteiger partial charge on any atom is -0.454 e. The van der Waals surface area contributed by atoms with Crippen LogP contribution in [0.25, 0.3) is 16.8 Å². The fourth-order valence-electron chi connectivity index (χ4n) is 2.73. The highest BCUT2D eigenvalue weighted by Gasteiger charge is 2.15. The van der Waals surface area contributed by atoms with Gasteiger partial charge in [-0.15, -0.1) is 0 Å². The van der Waals surface area contributed by atoms with Gasteiger partial charge in [-0.05, 0) is 24.6 Å². The summed E-state index contributed by atoms with van der Waals surface area (Å²) in [6, 6.07) is 7.10. The predicted octanol–water partition coefficient (Wildman–Crippen LogP) is 2.28. The molecule has 0 saturated carbocycles. The molecule has 0 fully saturated rings. The Morgan fingerprint density at radius 3 is 2.74 bits per heavy atom. The van der Waals surface area contributed by atoms with E-state index >= 15 is 0 Å². The molecule has 6 heteroatoms. The molecular weight excluding hydrogens is 294 g/mol. The van der Waals surface area contributed by atoms with Crippen LogP contribution in [0.4, 0.5) is 0 Å². The standard InChI is InChI=1S/C17H15N3O3/c1-11-5-17(21)20(9-14(11)12-7-18-19(2)8-12)13-3-4-15-16(6-13)23-10-22-15/h3-9H,10H2,1-2H3. The molecule has 116 valence electrons. The molecule has 0 atom stereocenters. The van der Waals surface area contributed by atoms with Gasteiger partial charge in [-0.3, -0.25) is 14.0 Å². The molecule has 0 aliphatic carbocycles. The molecule has 0 spiro atoms. The summed E-state index contributed by atoms with van der Waals surface area (Å²) in [5, 5.41) is 4.20. The second-order valence-corrected chi connectivity index (χ2v) is 5.52. The second-order valence-electron chi connectivity index (χ2n) is 5.52. The molecule has 23 heavy (non-hydrogen) atoms. The molecule has 6 nitrogen and oxygen atoms in total. The zero-order valence-corrected chi connectivity index (χ0v) is 12.8. The maximum Gasteiger partial charge on any atom is 0.255 e. The molecule has 0 bridgehead atoms. The first-order valence-electron chi connectivity index (χ1n) is 7.24. The Morgan fingerprint density at radius 2 is 1.96 bits per heavy atom. The fourth-order valence-corrected chi connectivity index (χ4v) is 2.73. The van der Waals surface area contributed by atoms with E-state index in [2.05, 4.69) is 5.10 Å². The number of rotatable bonds is 2. The third kappa shape index (κ3) is 2.28. The second kappa shape index (κ2) is 5.01. The third-order valence-corrected chi connectivity index (χ3v) is 3.91. The Kier molecular flexibility index (Phi) is 2.97. The summed E-state index contributed by atoms with van der Waals surface area (Å²) in [5.41, 5.74) is 3.51. The highest BCUT2D eigenvalue weighted by Crippen LogP contribution is 2.33. The quantitative estimate of drug-likeness (QED) is 0.728. The lowest BCUT2D eigenvalue weighted by Crippen LogP contribution is -2.17. The van der Waals surface area contributed by atoms with Crippen LogP contribution in [0.5, 0.6) is 11.5 Å². The van der Waals surface area contributed by atoms with Gasteiger partial charge < -0.3 is 9.47 Å². The van der Waals surface area contributed by atoms with Crippen molar-refractivity contribution < 1.29 is 9.47 Å². The summed E-state index contributed by atoms with van der Waals surface area (Å²) >= 11 is 0. The van der Waals surface area contributed by atoms with E-state index in [0.717, 1.165) is 22.4 Å². The Morgan fingerprint density at radius 1 is 1.13 bits per heavy atom. The number of aryl methyl sites for hydroxylation is 2. The van der Waals surface area contributed by atoms with Crippen molar-refractivity contribution in [2.24, 2.45) is 7.05 Å². The third-order valence-electron chi connectivity index (χ3n) is 3.91. The normalized spacial score (nSPS) is 12.6. The van der Waals surface area contributed by atoms with Crippen molar-refractivity contribution in [2.75, 3.05) is 6.79 Å². The lowest BCUT2D eigenvalue weighted by molar-refractivity contribution is 0.174. The van der Waals surface area contributed by atoms with Gasteiger partial charge in [0.2, 0.25) is 6.79 Å².